The standard InChI is InChI=1S/C20H21N3O4/c1-3-22(4-2)20(24)17-18(15-11-8-12-16(13-15)23(25)26)21-27-19(17)14-9-6-5-7-10-14/h5-13,17,19H,3-4H2,1-2H3/t17-,19+/m0/s1. The largest absolute Gasteiger partial charge is 0.386 e. The first-order valence-corrected chi connectivity index (χ1v) is 8.89. The summed E-state index contributed by atoms with van der Waals surface area (Å²) in [6.07, 6.45) is -0.562. The molecule has 1 aliphatic rings. The fourth-order valence-electron chi connectivity index (χ4n) is 3.26. The summed E-state index contributed by atoms with van der Waals surface area (Å²) in [7, 11) is 0. The van der Waals surface area contributed by atoms with Crippen LogP contribution in [0.2, 0.25) is 0 Å². The number of carbonyl (C=O) groups excluding carboxylic acids is 1. The first kappa shape index (κ1) is 18.6. The van der Waals surface area contributed by atoms with E-state index in [1.165, 1.54) is 12.1 Å². The molecule has 0 saturated carbocycles. The van der Waals surface area contributed by atoms with Crippen LogP contribution in [0.25, 0.3) is 0 Å². The Balaban J connectivity index is 2.03. The van der Waals surface area contributed by atoms with Crippen molar-refractivity contribution >= 4 is 17.3 Å². The topological polar surface area (TPSA) is 85.0 Å². The van der Waals surface area contributed by atoms with Gasteiger partial charge in [0.2, 0.25) is 5.91 Å². The predicted octanol–water partition coefficient (Wildman–Crippen LogP) is 3.56. The van der Waals surface area contributed by atoms with E-state index in [4.69, 9.17) is 4.84 Å². The number of hydrogen-bond acceptors (Lipinski definition) is 5. The fourth-order valence-corrected chi connectivity index (χ4v) is 3.26. The van der Waals surface area contributed by atoms with Gasteiger partial charge in [0.05, 0.1) is 4.92 Å². The molecular formula is C20H21N3O4. The summed E-state index contributed by atoms with van der Waals surface area (Å²) < 4.78 is 0. The summed E-state index contributed by atoms with van der Waals surface area (Å²) in [6.45, 7) is 4.96. The number of oxime groups is 1. The first-order valence-electron chi connectivity index (χ1n) is 8.89. The van der Waals surface area contributed by atoms with E-state index in [1.54, 1.807) is 17.0 Å². The molecule has 0 unspecified atom stereocenters. The van der Waals surface area contributed by atoms with Crippen LogP contribution in [-0.4, -0.2) is 34.5 Å². The molecule has 27 heavy (non-hydrogen) atoms. The lowest BCUT2D eigenvalue weighted by molar-refractivity contribution is -0.384. The van der Waals surface area contributed by atoms with Crippen molar-refractivity contribution in [2.75, 3.05) is 13.1 Å². The summed E-state index contributed by atoms with van der Waals surface area (Å²) in [5.74, 6) is -0.758. The van der Waals surface area contributed by atoms with E-state index >= 15 is 0 Å². The Bertz CT molecular complexity index is 863. The zero-order chi connectivity index (χ0) is 19.4. The normalized spacial score (nSPS) is 18.5. The summed E-state index contributed by atoms with van der Waals surface area (Å²) in [5, 5.41) is 15.3. The molecule has 140 valence electrons. The maximum atomic E-state index is 13.2. The molecule has 2 atom stereocenters. The summed E-state index contributed by atoms with van der Waals surface area (Å²) in [4.78, 5) is 31.3. The quantitative estimate of drug-likeness (QED) is 0.577. The average molecular weight is 367 g/mol. The van der Waals surface area contributed by atoms with Crippen molar-refractivity contribution in [1.29, 1.82) is 0 Å². The Morgan fingerprint density at radius 1 is 1.15 bits per heavy atom. The molecular weight excluding hydrogens is 346 g/mol. The van der Waals surface area contributed by atoms with Crippen LogP contribution in [-0.2, 0) is 9.63 Å². The van der Waals surface area contributed by atoms with Crippen molar-refractivity contribution in [3.63, 3.8) is 0 Å². The number of nitro benzene ring substituents is 1. The van der Waals surface area contributed by atoms with Crippen LogP contribution in [0.15, 0.2) is 59.8 Å². The highest BCUT2D eigenvalue weighted by Crippen LogP contribution is 2.36. The number of rotatable bonds is 6. The molecule has 7 heteroatoms. The van der Waals surface area contributed by atoms with Crippen molar-refractivity contribution in [2.24, 2.45) is 11.1 Å². The van der Waals surface area contributed by atoms with Crippen LogP contribution in [0.1, 0.15) is 31.1 Å². The molecule has 0 aromatic heterocycles. The SMILES string of the molecule is CCN(CC)C(=O)[C@H]1C(c2cccc([N+](=O)[O-])c2)=NO[C@@H]1c1ccccc1. The summed E-state index contributed by atoms with van der Waals surface area (Å²) in [5.41, 5.74) is 1.73. The Hall–Kier alpha value is -3.22. The maximum absolute atomic E-state index is 13.2. The van der Waals surface area contributed by atoms with E-state index in [-0.39, 0.29) is 11.6 Å². The second kappa shape index (κ2) is 7.99. The number of nitrogens with zero attached hydrogens (tertiary/aromatic N) is 3. The molecule has 3 rings (SSSR count). The number of amides is 1. The van der Waals surface area contributed by atoms with E-state index < -0.39 is 16.9 Å². The van der Waals surface area contributed by atoms with Gasteiger partial charge >= 0.3 is 0 Å². The molecule has 0 fully saturated rings. The lowest BCUT2D eigenvalue weighted by Crippen LogP contribution is -2.40. The highest BCUT2D eigenvalue weighted by Gasteiger charge is 2.43. The van der Waals surface area contributed by atoms with Gasteiger partial charge in [-0.3, -0.25) is 14.9 Å². The molecule has 2 aromatic rings. The molecule has 1 heterocycles. The number of benzene rings is 2. The van der Waals surface area contributed by atoms with Gasteiger partial charge < -0.3 is 9.74 Å². The van der Waals surface area contributed by atoms with Crippen molar-refractivity contribution in [1.82, 2.24) is 4.90 Å². The van der Waals surface area contributed by atoms with Crippen molar-refractivity contribution in [3.8, 4) is 0 Å². The first-order chi connectivity index (χ1) is 13.1. The van der Waals surface area contributed by atoms with Gasteiger partial charge in [-0.25, -0.2) is 0 Å². The Labute approximate surface area is 157 Å². The zero-order valence-electron chi connectivity index (χ0n) is 15.2. The molecule has 0 spiro atoms. The molecule has 0 aliphatic carbocycles. The Kier molecular flexibility index (Phi) is 5.49. The van der Waals surface area contributed by atoms with Crippen molar-refractivity contribution < 1.29 is 14.6 Å². The number of hydrogen-bond donors (Lipinski definition) is 0. The highest BCUT2D eigenvalue weighted by molar-refractivity contribution is 6.14. The maximum Gasteiger partial charge on any atom is 0.270 e. The zero-order valence-corrected chi connectivity index (χ0v) is 15.2. The van der Waals surface area contributed by atoms with Gasteiger partial charge in [0.25, 0.3) is 5.69 Å². The van der Waals surface area contributed by atoms with E-state index in [0.29, 0.717) is 24.4 Å². The van der Waals surface area contributed by atoms with Crippen molar-refractivity contribution in [3.05, 3.63) is 75.8 Å². The predicted molar refractivity (Wildman–Crippen MR) is 101 cm³/mol. The monoisotopic (exact) mass is 367 g/mol. The smallest absolute Gasteiger partial charge is 0.270 e. The van der Waals surface area contributed by atoms with Gasteiger partial charge in [0, 0.05) is 30.8 Å². The third-order valence-corrected chi connectivity index (χ3v) is 4.68. The minimum absolute atomic E-state index is 0.0487. The Morgan fingerprint density at radius 3 is 2.48 bits per heavy atom. The lowest BCUT2D eigenvalue weighted by atomic mass is 9.87. The lowest BCUT2D eigenvalue weighted by Gasteiger charge is -2.26. The van der Waals surface area contributed by atoms with Crippen LogP contribution in [0.3, 0.4) is 0 Å². The van der Waals surface area contributed by atoms with Gasteiger partial charge in [-0.15, -0.1) is 0 Å². The van der Waals surface area contributed by atoms with Crippen LogP contribution in [0.4, 0.5) is 5.69 Å². The van der Waals surface area contributed by atoms with Gasteiger partial charge in [0.15, 0.2) is 6.10 Å². The summed E-state index contributed by atoms with van der Waals surface area (Å²) >= 11 is 0. The number of nitro groups is 1. The minimum atomic E-state index is -0.658. The minimum Gasteiger partial charge on any atom is -0.386 e. The molecule has 0 bridgehead atoms. The van der Waals surface area contributed by atoms with E-state index in [1.807, 2.05) is 44.2 Å². The van der Waals surface area contributed by atoms with Crippen LogP contribution >= 0.6 is 0 Å². The molecule has 0 N–H and O–H groups in total. The second-order valence-corrected chi connectivity index (χ2v) is 6.21. The summed E-state index contributed by atoms with van der Waals surface area (Å²) in [6, 6.07) is 15.6. The average Bonchev–Trinajstić information content (AvgIpc) is 3.14. The fraction of sp³-hybridized carbons (Fsp3) is 0.300. The third-order valence-electron chi connectivity index (χ3n) is 4.68. The molecule has 1 amide bonds. The van der Waals surface area contributed by atoms with E-state index in [2.05, 4.69) is 5.16 Å². The van der Waals surface area contributed by atoms with Gasteiger partial charge in [-0.2, -0.15) is 0 Å². The molecule has 0 saturated heterocycles. The third kappa shape index (κ3) is 3.67. The molecule has 2 aromatic carbocycles. The van der Waals surface area contributed by atoms with Crippen molar-refractivity contribution in [2.45, 2.75) is 20.0 Å². The van der Waals surface area contributed by atoms with Gasteiger partial charge in [-0.05, 0) is 19.4 Å². The highest BCUT2D eigenvalue weighted by atomic mass is 16.6. The van der Waals surface area contributed by atoms with Crippen LogP contribution in [0.5, 0.6) is 0 Å². The second-order valence-electron chi connectivity index (χ2n) is 6.21. The molecule has 7 nitrogen and oxygen atoms in total. The van der Waals surface area contributed by atoms with Crippen LogP contribution < -0.4 is 0 Å². The van der Waals surface area contributed by atoms with E-state index in [0.717, 1.165) is 5.56 Å². The number of carbonyl (C=O) groups is 1. The molecule has 1 aliphatic heterocycles. The molecule has 0 radical (unpaired) electrons. The van der Waals surface area contributed by atoms with E-state index in [9.17, 15) is 14.9 Å². The van der Waals surface area contributed by atoms with Gasteiger partial charge in [0.1, 0.15) is 11.6 Å². The number of non-ortho nitro benzene ring substituents is 1. The van der Waals surface area contributed by atoms with Gasteiger partial charge in [-0.1, -0.05) is 47.6 Å². The van der Waals surface area contributed by atoms with Crippen LogP contribution in [0, 0.1) is 16.0 Å². The Morgan fingerprint density at radius 2 is 1.85 bits per heavy atom.